The van der Waals surface area contributed by atoms with Crippen LogP contribution in [-0.2, 0) is 12.8 Å². The van der Waals surface area contributed by atoms with Gasteiger partial charge in [0, 0.05) is 45.4 Å². The van der Waals surface area contributed by atoms with E-state index in [1.807, 2.05) is 69.8 Å². The molecule has 0 saturated carbocycles. The lowest BCUT2D eigenvalue weighted by atomic mass is 10.0. The predicted molar refractivity (Wildman–Crippen MR) is 234 cm³/mol. The Morgan fingerprint density at radius 1 is 0.484 bits per heavy atom. The van der Waals surface area contributed by atoms with Crippen LogP contribution >= 0.6 is 0 Å². The molecule has 6 heterocycles. The van der Waals surface area contributed by atoms with Crippen LogP contribution in [0.5, 0.6) is 23.0 Å². The number of halogens is 2. The van der Waals surface area contributed by atoms with E-state index in [0.717, 1.165) is 44.3 Å². The molecule has 308 valence electrons. The Hall–Kier alpha value is -8.88. The first-order chi connectivity index (χ1) is 31.4. The first-order valence-electron chi connectivity index (χ1n) is 20.1. The van der Waals surface area contributed by atoms with E-state index in [9.17, 15) is 0 Å². The van der Waals surface area contributed by atoms with Crippen molar-refractivity contribution < 1.29 is 27.7 Å². The number of imidazole rings is 2. The molecule has 0 unspecified atom stereocenters. The Bertz CT molecular complexity index is 3340. The predicted octanol–water partition coefficient (Wildman–Crippen LogP) is 10.3. The molecule has 14 heteroatoms. The fourth-order valence-electron chi connectivity index (χ4n) is 8.12. The maximum atomic E-state index is 15.1. The second-order valence-corrected chi connectivity index (χ2v) is 15.1. The number of ether oxygens (including phenoxy) is 4. The van der Waals surface area contributed by atoms with E-state index >= 15 is 8.78 Å². The first kappa shape index (κ1) is 38.1. The van der Waals surface area contributed by atoms with Gasteiger partial charge in [-0.3, -0.25) is 19.1 Å². The second-order valence-electron chi connectivity index (χ2n) is 15.1. The van der Waals surface area contributed by atoms with Gasteiger partial charge in [-0.15, -0.1) is 0 Å². The van der Waals surface area contributed by atoms with Crippen molar-refractivity contribution >= 4 is 43.9 Å². The maximum absolute atomic E-state index is 15.1. The molecule has 0 saturated heterocycles. The normalized spacial score (nSPS) is 12.4. The number of hydrogen-bond acceptors (Lipinski definition) is 10. The van der Waals surface area contributed by atoms with Crippen LogP contribution in [0.4, 0.5) is 8.78 Å². The van der Waals surface area contributed by atoms with Gasteiger partial charge in [-0.2, -0.15) is 10.5 Å². The standard InChI is InChI=1S/2C25H15FN4O2/c2*26-20-11-21-19(10-18(20)16-3-6-23-24(9-16)32-14-31-23)25-22(12-28-21)29-13-30(25)17-4-1-15(2-5-17)7-8-27/h2*1-6,9-13H,7,14H2. The number of pyridine rings is 2. The number of nitrogens with zero attached hydrogens (tertiary/aromatic N) is 8. The summed E-state index contributed by atoms with van der Waals surface area (Å²) in [6, 6.07) is 37.1. The van der Waals surface area contributed by atoms with Gasteiger partial charge in [-0.25, -0.2) is 18.7 Å². The lowest BCUT2D eigenvalue weighted by Gasteiger charge is -2.10. The molecule has 0 aliphatic carbocycles. The zero-order valence-electron chi connectivity index (χ0n) is 33.5. The summed E-state index contributed by atoms with van der Waals surface area (Å²) in [5.74, 6) is 1.76. The highest BCUT2D eigenvalue weighted by Gasteiger charge is 2.20. The molecular weight excluding hydrogens is 815 g/mol. The molecule has 2 aliphatic rings. The van der Waals surface area contributed by atoms with E-state index in [1.54, 1.807) is 61.4 Å². The Morgan fingerprint density at radius 3 is 1.33 bits per heavy atom. The molecule has 0 spiro atoms. The van der Waals surface area contributed by atoms with Gasteiger partial charge in [0.15, 0.2) is 23.0 Å². The van der Waals surface area contributed by atoms with E-state index in [-0.39, 0.29) is 25.2 Å². The highest BCUT2D eigenvalue weighted by molar-refractivity contribution is 6.05. The van der Waals surface area contributed by atoms with Crippen molar-refractivity contribution in [1.82, 2.24) is 29.1 Å². The molecule has 6 aromatic carbocycles. The smallest absolute Gasteiger partial charge is 0.231 e. The van der Waals surface area contributed by atoms with Crippen molar-refractivity contribution in [1.29, 1.82) is 10.5 Å². The first-order valence-corrected chi connectivity index (χ1v) is 20.1. The second kappa shape index (κ2) is 15.5. The van der Waals surface area contributed by atoms with Crippen LogP contribution in [0.15, 0.2) is 134 Å². The van der Waals surface area contributed by atoms with Gasteiger partial charge in [0.25, 0.3) is 0 Å². The summed E-state index contributed by atoms with van der Waals surface area (Å²) in [6.45, 7) is 0.325. The van der Waals surface area contributed by atoms with Gasteiger partial charge in [-0.1, -0.05) is 36.4 Å². The molecule has 12 rings (SSSR count). The van der Waals surface area contributed by atoms with Gasteiger partial charge in [0.2, 0.25) is 13.6 Å². The third-order valence-electron chi connectivity index (χ3n) is 11.3. The van der Waals surface area contributed by atoms with E-state index in [1.165, 1.54) is 12.1 Å². The summed E-state index contributed by atoms with van der Waals surface area (Å²) < 4.78 is 55.7. The molecule has 10 aromatic rings. The number of hydrogen-bond donors (Lipinski definition) is 0. The van der Waals surface area contributed by atoms with E-state index in [2.05, 4.69) is 32.1 Å². The van der Waals surface area contributed by atoms with Gasteiger partial charge in [0.05, 0.1) is 59.4 Å². The summed E-state index contributed by atoms with van der Waals surface area (Å²) in [5.41, 5.74) is 10.1. The molecule has 12 nitrogen and oxygen atoms in total. The van der Waals surface area contributed by atoms with Crippen molar-refractivity contribution in [3.05, 3.63) is 157 Å². The lowest BCUT2D eigenvalue weighted by molar-refractivity contribution is 0.173. The number of benzene rings is 6. The van der Waals surface area contributed by atoms with Gasteiger partial charge in [0.1, 0.15) is 35.3 Å². The van der Waals surface area contributed by atoms with Crippen molar-refractivity contribution in [2.24, 2.45) is 0 Å². The van der Waals surface area contributed by atoms with Gasteiger partial charge in [-0.05, 0) is 82.9 Å². The topological polar surface area (TPSA) is 146 Å². The SMILES string of the molecule is N#CCc1ccc(-n2cnc3cnc4cc(F)c(-c5ccc6c(c5)OCO6)cc4c32)cc1.N#CCc1ccc(-n2cnc3cnc4cc(F)c(-c5ccc6c(c5)OCO6)cc4c32)cc1. The van der Waals surface area contributed by atoms with Gasteiger partial charge >= 0.3 is 0 Å². The Labute approximate surface area is 362 Å². The number of nitriles is 2. The highest BCUT2D eigenvalue weighted by atomic mass is 19.1. The Morgan fingerprint density at radius 2 is 0.906 bits per heavy atom. The molecule has 0 amide bonds. The number of aromatic nitrogens is 6. The minimum atomic E-state index is -0.366. The summed E-state index contributed by atoms with van der Waals surface area (Å²) in [6.07, 6.45) is 7.48. The molecule has 0 radical (unpaired) electrons. The molecule has 64 heavy (non-hydrogen) atoms. The fraction of sp³-hybridized carbons (Fsp3) is 0.0800. The summed E-state index contributed by atoms with van der Waals surface area (Å²) >= 11 is 0. The Balaban J connectivity index is 0.000000143. The number of fused-ring (bicyclic) bond motifs is 8. The monoisotopic (exact) mass is 844 g/mol. The average Bonchev–Trinajstić information content (AvgIpc) is 4.16. The molecule has 0 N–H and O–H groups in total. The van der Waals surface area contributed by atoms with Crippen LogP contribution in [0.25, 0.3) is 77.5 Å². The van der Waals surface area contributed by atoms with Crippen LogP contribution in [-0.4, -0.2) is 42.7 Å². The third kappa shape index (κ3) is 6.67. The van der Waals surface area contributed by atoms with Crippen molar-refractivity contribution in [2.45, 2.75) is 12.8 Å². The maximum Gasteiger partial charge on any atom is 0.231 e. The molecular formula is C50H30F2N8O4. The quantitative estimate of drug-likeness (QED) is 0.158. The fourth-order valence-corrected chi connectivity index (χ4v) is 8.12. The number of rotatable bonds is 6. The summed E-state index contributed by atoms with van der Waals surface area (Å²) in [7, 11) is 0. The van der Waals surface area contributed by atoms with Crippen molar-refractivity contribution in [2.75, 3.05) is 13.6 Å². The van der Waals surface area contributed by atoms with Crippen molar-refractivity contribution in [3.8, 4) is 68.8 Å². The molecule has 0 bridgehead atoms. The summed E-state index contributed by atoms with van der Waals surface area (Å²) in [5, 5.41) is 19.4. The average molecular weight is 845 g/mol. The third-order valence-corrected chi connectivity index (χ3v) is 11.3. The molecule has 4 aromatic heterocycles. The molecule has 2 aliphatic heterocycles. The van der Waals surface area contributed by atoms with Gasteiger partial charge < -0.3 is 18.9 Å². The van der Waals surface area contributed by atoms with Crippen LogP contribution in [0.1, 0.15) is 11.1 Å². The largest absolute Gasteiger partial charge is 0.454 e. The van der Waals surface area contributed by atoms with Crippen LogP contribution < -0.4 is 18.9 Å². The van der Waals surface area contributed by atoms with Crippen molar-refractivity contribution in [3.63, 3.8) is 0 Å². The van der Waals surface area contributed by atoms with Crippen LogP contribution in [0, 0.1) is 34.3 Å². The highest BCUT2D eigenvalue weighted by Crippen LogP contribution is 2.40. The van der Waals surface area contributed by atoms with Crippen LogP contribution in [0.3, 0.4) is 0 Å². The molecule has 0 fully saturated rings. The van der Waals surface area contributed by atoms with Crippen LogP contribution in [0.2, 0.25) is 0 Å². The van der Waals surface area contributed by atoms with E-state index in [0.29, 0.717) is 80.2 Å². The lowest BCUT2D eigenvalue weighted by Crippen LogP contribution is -1.95. The minimum Gasteiger partial charge on any atom is -0.454 e. The molecule has 0 atom stereocenters. The zero-order valence-corrected chi connectivity index (χ0v) is 33.5. The minimum absolute atomic E-state index is 0.163. The van der Waals surface area contributed by atoms with E-state index < -0.39 is 0 Å². The Kier molecular flexibility index (Phi) is 9.25. The summed E-state index contributed by atoms with van der Waals surface area (Å²) in [4.78, 5) is 17.8. The van der Waals surface area contributed by atoms with E-state index in [4.69, 9.17) is 29.5 Å². The zero-order chi connectivity index (χ0) is 43.3.